The molecule has 0 radical (unpaired) electrons. The molecule has 0 aliphatic carbocycles. The standard InChI is InChI=1S/C15H23NO/c1-4-11(2)13-5-7-14(8-6-13)15-12(3)17-10-9-16-15/h5-8,11-12,15-16H,4,9-10H2,1-3H3. The first-order valence-corrected chi connectivity index (χ1v) is 6.67. The monoisotopic (exact) mass is 233 g/mol. The van der Waals surface area contributed by atoms with E-state index < -0.39 is 0 Å². The van der Waals surface area contributed by atoms with Crippen LogP contribution in [0.2, 0.25) is 0 Å². The van der Waals surface area contributed by atoms with Crippen molar-refractivity contribution >= 4 is 0 Å². The smallest absolute Gasteiger partial charge is 0.0742 e. The van der Waals surface area contributed by atoms with Gasteiger partial charge in [-0.2, -0.15) is 0 Å². The first kappa shape index (κ1) is 12.6. The molecule has 2 heteroatoms. The van der Waals surface area contributed by atoms with Gasteiger partial charge in [0.25, 0.3) is 0 Å². The molecule has 2 nitrogen and oxygen atoms in total. The van der Waals surface area contributed by atoms with Crippen LogP contribution in [0.4, 0.5) is 0 Å². The fraction of sp³-hybridized carbons (Fsp3) is 0.600. The van der Waals surface area contributed by atoms with Crippen molar-refractivity contribution in [3.63, 3.8) is 0 Å². The van der Waals surface area contributed by atoms with Gasteiger partial charge in [-0.25, -0.2) is 0 Å². The number of benzene rings is 1. The lowest BCUT2D eigenvalue weighted by molar-refractivity contribution is 0.00756. The summed E-state index contributed by atoms with van der Waals surface area (Å²) in [4.78, 5) is 0. The van der Waals surface area contributed by atoms with Gasteiger partial charge in [-0.15, -0.1) is 0 Å². The SMILES string of the molecule is CCC(C)c1ccc(C2NCCOC2C)cc1. The number of morpholine rings is 1. The Morgan fingerprint density at radius 3 is 2.65 bits per heavy atom. The summed E-state index contributed by atoms with van der Waals surface area (Å²) >= 11 is 0. The van der Waals surface area contributed by atoms with Crippen LogP contribution in [0.15, 0.2) is 24.3 Å². The number of hydrogen-bond donors (Lipinski definition) is 1. The highest BCUT2D eigenvalue weighted by molar-refractivity contribution is 5.28. The Balaban J connectivity index is 2.11. The molecule has 1 aromatic carbocycles. The second-order valence-corrected chi connectivity index (χ2v) is 4.98. The second kappa shape index (κ2) is 5.65. The van der Waals surface area contributed by atoms with Gasteiger partial charge in [0.15, 0.2) is 0 Å². The lowest BCUT2D eigenvalue weighted by Gasteiger charge is -2.30. The quantitative estimate of drug-likeness (QED) is 0.865. The number of rotatable bonds is 3. The van der Waals surface area contributed by atoms with Crippen LogP contribution in [0.5, 0.6) is 0 Å². The minimum Gasteiger partial charge on any atom is -0.375 e. The van der Waals surface area contributed by atoms with Crippen molar-refractivity contribution in [3.05, 3.63) is 35.4 Å². The van der Waals surface area contributed by atoms with Crippen molar-refractivity contribution < 1.29 is 4.74 Å². The van der Waals surface area contributed by atoms with Crippen molar-refractivity contribution in [2.45, 2.75) is 45.3 Å². The predicted molar refractivity (Wildman–Crippen MR) is 71.3 cm³/mol. The highest BCUT2D eigenvalue weighted by Crippen LogP contribution is 2.25. The van der Waals surface area contributed by atoms with Crippen LogP contribution in [0.1, 0.15) is 50.3 Å². The number of ether oxygens (including phenoxy) is 1. The van der Waals surface area contributed by atoms with Gasteiger partial charge in [0.05, 0.1) is 18.8 Å². The molecule has 0 bridgehead atoms. The van der Waals surface area contributed by atoms with Crippen LogP contribution in [0, 0.1) is 0 Å². The third-order valence-electron chi connectivity index (χ3n) is 3.79. The van der Waals surface area contributed by atoms with Crippen LogP contribution >= 0.6 is 0 Å². The average molecular weight is 233 g/mol. The van der Waals surface area contributed by atoms with Crippen LogP contribution in [0.3, 0.4) is 0 Å². The highest BCUT2D eigenvalue weighted by atomic mass is 16.5. The van der Waals surface area contributed by atoms with E-state index in [1.807, 2.05) is 0 Å². The van der Waals surface area contributed by atoms with Gasteiger partial charge in [-0.05, 0) is 30.4 Å². The second-order valence-electron chi connectivity index (χ2n) is 4.98. The lowest BCUT2D eigenvalue weighted by Crippen LogP contribution is -2.40. The largest absolute Gasteiger partial charge is 0.375 e. The maximum absolute atomic E-state index is 5.68. The molecule has 0 amide bonds. The van der Waals surface area contributed by atoms with E-state index in [-0.39, 0.29) is 6.10 Å². The van der Waals surface area contributed by atoms with Gasteiger partial charge in [0, 0.05) is 6.54 Å². The summed E-state index contributed by atoms with van der Waals surface area (Å²) in [6.45, 7) is 8.42. The van der Waals surface area contributed by atoms with Crippen molar-refractivity contribution in [3.8, 4) is 0 Å². The Bertz CT molecular complexity index is 346. The Kier molecular flexibility index (Phi) is 4.19. The third kappa shape index (κ3) is 2.88. The normalized spacial score (nSPS) is 26.8. The predicted octanol–water partition coefficient (Wildman–Crippen LogP) is 3.25. The van der Waals surface area contributed by atoms with Crippen molar-refractivity contribution in [2.75, 3.05) is 13.2 Å². The molecular formula is C15H23NO. The molecule has 1 aliphatic rings. The zero-order chi connectivity index (χ0) is 12.3. The molecule has 2 rings (SSSR count). The maximum Gasteiger partial charge on any atom is 0.0742 e. The Morgan fingerprint density at radius 2 is 2.06 bits per heavy atom. The Hall–Kier alpha value is -0.860. The van der Waals surface area contributed by atoms with E-state index in [0.717, 1.165) is 13.2 Å². The molecule has 3 atom stereocenters. The van der Waals surface area contributed by atoms with Gasteiger partial charge < -0.3 is 10.1 Å². The Morgan fingerprint density at radius 1 is 1.35 bits per heavy atom. The lowest BCUT2D eigenvalue weighted by atomic mass is 9.94. The van der Waals surface area contributed by atoms with E-state index in [0.29, 0.717) is 12.0 Å². The molecule has 1 aliphatic heterocycles. The zero-order valence-corrected chi connectivity index (χ0v) is 11.1. The molecular weight excluding hydrogens is 210 g/mol. The molecule has 1 fully saturated rings. The Labute approximate surface area is 104 Å². The van der Waals surface area contributed by atoms with Crippen LogP contribution in [-0.2, 0) is 4.74 Å². The van der Waals surface area contributed by atoms with Gasteiger partial charge in [0.1, 0.15) is 0 Å². The molecule has 0 spiro atoms. The molecule has 94 valence electrons. The highest BCUT2D eigenvalue weighted by Gasteiger charge is 2.22. The first-order valence-electron chi connectivity index (χ1n) is 6.67. The van der Waals surface area contributed by atoms with Crippen LogP contribution < -0.4 is 5.32 Å². The molecule has 0 saturated carbocycles. The van der Waals surface area contributed by atoms with E-state index in [4.69, 9.17) is 4.74 Å². The summed E-state index contributed by atoms with van der Waals surface area (Å²) in [5.41, 5.74) is 2.77. The summed E-state index contributed by atoms with van der Waals surface area (Å²) in [5.74, 6) is 0.650. The minimum absolute atomic E-state index is 0.262. The summed E-state index contributed by atoms with van der Waals surface area (Å²) in [5, 5.41) is 3.52. The van der Waals surface area contributed by atoms with E-state index in [9.17, 15) is 0 Å². The zero-order valence-electron chi connectivity index (χ0n) is 11.1. The van der Waals surface area contributed by atoms with Crippen molar-refractivity contribution in [2.24, 2.45) is 0 Å². The van der Waals surface area contributed by atoms with Gasteiger partial charge in [-0.1, -0.05) is 38.1 Å². The summed E-state index contributed by atoms with van der Waals surface area (Å²) < 4.78 is 5.68. The number of hydrogen-bond acceptors (Lipinski definition) is 2. The molecule has 1 saturated heterocycles. The maximum atomic E-state index is 5.68. The van der Waals surface area contributed by atoms with E-state index in [2.05, 4.69) is 50.4 Å². The fourth-order valence-electron chi connectivity index (χ4n) is 2.38. The average Bonchev–Trinajstić information content (AvgIpc) is 2.39. The third-order valence-corrected chi connectivity index (χ3v) is 3.79. The van der Waals surface area contributed by atoms with E-state index in [1.54, 1.807) is 0 Å². The van der Waals surface area contributed by atoms with E-state index >= 15 is 0 Å². The van der Waals surface area contributed by atoms with Crippen LogP contribution in [0.25, 0.3) is 0 Å². The molecule has 0 aromatic heterocycles. The fourth-order valence-corrected chi connectivity index (χ4v) is 2.38. The topological polar surface area (TPSA) is 21.3 Å². The van der Waals surface area contributed by atoms with Gasteiger partial charge >= 0.3 is 0 Å². The van der Waals surface area contributed by atoms with Crippen molar-refractivity contribution in [1.82, 2.24) is 5.32 Å². The van der Waals surface area contributed by atoms with Crippen LogP contribution in [-0.4, -0.2) is 19.3 Å². The summed E-state index contributed by atoms with van der Waals surface area (Å²) in [6.07, 6.45) is 1.46. The molecule has 1 heterocycles. The molecule has 1 aromatic rings. The summed E-state index contributed by atoms with van der Waals surface area (Å²) in [6, 6.07) is 9.34. The van der Waals surface area contributed by atoms with Gasteiger partial charge in [-0.3, -0.25) is 0 Å². The first-order chi connectivity index (χ1) is 8.22. The summed E-state index contributed by atoms with van der Waals surface area (Å²) in [7, 11) is 0. The van der Waals surface area contributed by atoms with Crippen molar-refractivity contribution in [1.29, 1.82) is 0 Å². The minimum atomic E-state index is 0.262. The van der Waals surface area contributed by atoms with Gasteiger partial charge in [0.2, 0.25) is 0 Å². The molecule has 1 N–H and O–H groups in total. The molecule has 3 unspecified atom stereocenters. The number of nitrogens with one attached hydrogen (secondary N) is 1. The molecule has 17 heavy (non-hydrogen) atoms. The van der Waals surface area contributed by atoms with E-state index in [1.165, 1.54) is 17.5 Å².